The van der Waals surface area contributed by atoms with Gasteiger partial charge in [-0.15, -0.1) is 0 Å². The second-order valence-electron chi connectivity index (χ2n) is 7.51. The van der Waals surface area contributed by atoms with Crippen LogP contribution in [0.25, 0.3) is 0 Å². The summed E-state index contributed by atoms with van der Waals surface area (Å²) in [4.78, 5) is 16.3. The highest BCUT2D eigenvalue weighted by Crippen LogP contribution is 2.43. The molecule has 3 rings (SSSR count). The van der Waals surface area contributed by atoms with Gasteiger partial charge in [0.05, 0.1) is 6.42 Å². The number of guanidine groups is 1. The zero-order chi connectivity index (χ0) is 20.5. The SMILES string of the molecule is CN=C(NCCNC(=O)Cc1cccc(F)c1)NCC1(c2ccccc2)CCC1. The van der Waals surface area contributed by atoms with Gasteiger partial charge in [0, 0.05) is 32.1 Å². The molecular weight excluding hydrogens is 367 g/mol. The number of carbonyl (C=O) groups is 1. The van der Waals surface area contributed by atoms with E-state index in [1.54, 1.807) is 19.2 Å². The van der Waals surface area contributed by atoms with Crippen LogP contribution in [0.3, 0.4) is 0 Å². The molecule has 0 aliphatic heterocycles. The molecule has 0 bridgehead atoms. The Kier molecular flexibility index (Phi) is 7.22. The Balaban J connectivity index is 1.39. The molecule has 1 aliphatic rings. The van der Waals surface area contributed by atoms with Crippen molar-refractivity contribution in [2.45, 2.75) is 31.1 Å². The third-order valence-electron chi connectivity index (χ3n) is 5.51. The average Bonchev–Trinajstić information content (AvgIpc) is 2.69. The highest BCUT2D eigenvalue weighted by Gasteiger charge is 2.38. The molecule has 0 unspecified atom stereocenters. The molecule has 2 aromatic rings. The predicted molar refractivity (Wildman–Crippen MR) is 114 cm³/mol. The van der Waals surface area contributed by atoms with Crippen LogP contribution in [0.4, 0.5) is 4.39 Å². The van der Waals surface area contributed by atoms with Gasteiger partial charge >= 0.3 is 0 Å². The Morgan fingerprint density at radius 3 is 2.45 bits per heavy atom. The molecule has 0 heterocycles. The van der Waals surface area contributed by atoms with Gasteiger partial charge in [0.25, 0.3) is 0 Å². The summed E-state index contributed by atoms with van der Waals surface area (Å²) in [6.07, 6.45) is 3.78. The highest BCUT2D eigenvalue weighted by molar-refractivity contribution is 5.80. The van der Waals surface area contributed by atoms with E-state index >= 15 is 0 Å². The summed E-state index contributed by atoms with van der Waals surface area (Å²) in [6, 6.07) is 16.7. The topological polar surface area (TPSA) is 65.5 Å². The second kappa shape index (κ2) is 10.0. The standard InChI is InChI=1S/C23H29FN4O/c1-25-22(28-17-23(11-6-12-23)19-8-3-2-4-9-19)27-14-13-26-21(29)16-18-7-5-10-20(24)15-18/h2-5,7-10,15H,6,11-14,16-17H2,1H3,(H,26,29)(H2,25,27,28). The van der Waals surface area contributed by atoms with Crippen molar-refractivity contribution in [2.24, 2.45) is 4.99 Å². The number of nitrogens with zero attached hydrogens (tertiary/aromatic N) is 1. The third kappa shape index (κ3) is 5.79. The van der Waals surface area contributed by atoms with Crippen LogP contribution in [0, 0.1) is 5.82 Å². The van der Waals surface area contributed by atoms with Crippen molar-refractivity contribution in [3.63, 3.8) is 0 Å². The van der Waals surface area contributed by atoms with Crippen molar-refractivity contribution in [2.75, 3.05) is 26.7 Å². The molecule has 1 amide bonds. The molecular formula is C23H29FN4O. The number of carbonyl (C=O) groups excluding carboxylic acids is 1. The fourth-order valence-electron chi connectivity index (χ4n) is 3.71. The van der Waals surface area contributed by atoms with E-state index in [1.807, 2.05) is 6.07 Å². The summed E-state index contributed by atoms with van der Waals surface area (Å²) >= 11 is 0. The minimum atomic E-state index is -0.327. The summed E-state index contributed by atoms with van der Waals surface area (Å²) in [5.74, 6) is 0.274. The first-order valence-electron chi connectivity index (χ1n) is 10.1. The van der Waals surface area contributed by atoms with Gasteiger partial charge < -0.3 is 16.0 Å². The minimum absolute atomic E-state index is 0.127. The maximum Gasteiger partial charge on any atom is 0.224 e. The van der Waals surface area contributed by atoms with Gasteiger partial charge in [-0.2, -0.15) is 0 Å². The van der Waals surface area contributed by atoms with Gasteiger partial charge in [0.2, 0.25) is 5.91 Å². The molecule has 1 aliphatic carbocycles. The maximum atomic E-state index is 13.2. The van der Waals surface area contributed by atoms with Crippen molar-refractivity contribution in [3.05, 3.63) is 71.5 Å². The van der Waals surface area contributed by atoms with E-state index < -0.39 is 0 Å². The molecule has 1 saturated carbocycles. The number of amides is 1. The fraction of sp³-hybridized carbons (Fsp3) is 0.391. The van der Waals surface area contributed by atoms with E-state index in [2.05, 4.69) is 45.2 Å². The normalized spacial score (nSPS) is 15.3. The van der Waals surface area contributed by atoms with Crippen LogP contribution in [0.1, 0.15) is 30.4 Å². The Morgan fingerprint density at radius 2 is 1.79 bits per heavy atom. The minimum Gasteiger partial charge on any atom is -0.356 e. The van der Waals surface area contributed by atoms with Gasteiger partial charge in [-0.1, -0.05) is 48.9 Å². The maximum absolute atomic E-state index is 13.2. The van der Waals surface area contributed by atoms with Crippen molar-refractivity contribution < 1.29 is 9.18 Å². The van der Waals surface area contributed by atoms with Crippen molar-refractivity contribution in [3.8, 4) is 0 Å². The Labute approximate surface area is 171 Å². The largest absolute Gasteiger partial charge is 0.356 e. The molecule has 5 nitrogen and oxygen atoms in total. The highest BCUT2D eigenvalue weighted by atomic mass is 19.1. The first-order valence-corrected chi connectivity index (χ1v) is 10.1. The van der Waals surface area contributed by atoms with Crippen molar-refractivity contribution in [1.82, 2.24) is 16.0 Å². The molecule has 0 radical (unpaired) electrons. The van der Waals surface area contributed by atoms with E-state index in [9.17, 15) is 9.18 Å². The van der Waals surface area contributed by atoms with E-state index in [-0.39, 0.29) is 23.6 Å². The third-order valence-corrected chi connectivity index (χ3v) is 5.51. The lowest BCUT2D eigenvalue weighted by atomic mass is 9.64. The van der Waals surface area contributed by atoms with Crippen LogP contribution in [0.2, 0.25) is 0 Å². The number of hydrogen-bond acceptors (Lipinski definition) is 2. The first kappa shape index (κ1) is 20.8. The van der Waals surface area contributed by atoms with Crippen LogP contribution in [-0.2, 0) is 16.6 Å². The lowest BCUT2D eigenvalue weighted by Gasteiger charge is -2.43. The van der Waals surface area contributed by atoms with Crippen LogP contribution >= 0.6 is 0 Å². The summed E-state index contributed by atoms with van der Waals surface area (Å²) in [7, 11) is 1.74. The molecule has 2 aromatic carbocycles. The van der Waals surface area contributed by atoms with Gasteiger partial charge in [0.15, 0.2) is 5.96 Å². The summed E-state index contributed by atoms with van der Waals surface area (Å²) < 4.78 is 13.2. The number of benzene rings is 2. The summed E-state index contributed by atoms with van der Waals surface area (Å²) in [6.45, 7) is 1.87. The smallest absolute Gasteiger partial charge is 0.224 e. The van der Waals surface area contributed by atoms with E-state index in [0.717, 1.165) is 12.5 Å². The number of halogens is 1. The number of nitrogens with one attached hydrogen (secondary N) is 3. The summed E-state index contributed by atoms with van der Waals surface area (Å²) in [5.41, 5.74) is 2.22. The number of rotatable bonds is 8. The van der Waals surface area contributed by atoms with Crippen molar-refractivity contribution in [1.29, 1.82) is 0 Å². The quantitative estimate of drug-likeness (QED) is 0.365. The lowest BCUT2D eigenvalue weighted by Crippen LogP contribution is -2.49. The summed E-state index contributed by atoms with van der Waals surface area (Å²) in [5, 5.41) is 9.51. The molecule has 3 N–H and O–H groups in total. The number of hydrogen-bond donors (Lipinski definition) is 3. The van der Waals surface area contributed by atoms with Crippen LogP contribution in [0.15, 0.2) is 59.6 Å². The predicted octanol–water partition coefficient (Wildman–Crippen LogP) is 2.77. The van der Waals surface area contributed by atoms with Crippen LogP contribution in [0.5, 0.6) is 0 Å². The fourth-order valence-corrected chi connectivity index (χ4v) is 3.71. The Bertz CT molecular complexity index is 834. The van der Waals surface area contributed by atoms with Gasteiger partial charge in [-0.3, -0.25) is 9.79 Å². The van der Waals surface area contributed by atoms with Gasteiger partial charge in [-0.25, -0.2) is 4.39 Å². The molecule has 1 fully saturated rings. The monoisotopic (exact) mass is 396 g/mol. The van der Waals surface area contributed by atoms with Crippen LogP contribution < -0.4 is 16.0 Å². The zero-order valence-corrected chi connectivity index (χ0v) is 16.9. The van der Waals surface area contributed by atoms with Crippen LogP contribution in [-0.4, -0.2) is 38.5 Å². The Hall–Kier alpha value is -2.89. The molecule has 0 atom stereocenters. The van der Waals surface area contributed by atoms with Gasteiger partial charge in [-0.05, 0) is 36.1 Å². The van der Waals surface area contributed by atoms with Gasteiger partial charge in [0.1, 0.15) is 5.82 Å². The van der Waals surface area contributed by atoms with E-state index in [0.29, 0.717) is 18.7 Å². The zero-order valence-electron chi connectivity index (χ0n) is 16.9. The molecule has 0 spiro atoms. The Morgan fingerprint density at radius 1 is 1.03 bits per heavy atom. The van der Waals surface area contributed by atoms with E-state index in [1.165, 1.54) is 37.0 Å². The molecule has 6 heteroatoms. The molecule has 0 saturated heterocycles. The molecule has 0 aromatic heterocycles. The van der Waals surface area contributed by atoms with Crippen molar-refractivity contribution >= 4 is 11.9 Å². The molecule has 29 heavy (non-hydrogen) atoms. The lowest BCUT2D eigenvalue weighted by molar-refractivity contribution is -0.120. The first-order chi connectivity index (χ1) is 14.1. The van der Waals surface area contributed by atoms with E-state index in [4.69, 9.17) is 0 Å². The number of aliphatic imine (C=N–C) groups is 1. The average molecular weight is 397 g/mol. The molecule has 154 valence electrons. The second-order valence-corrected chi connectivity index (χ2v) is 7.51.